The molecular weight excluding hydrogens is 328 g/mol. The van der Waals surface area contributed by atoms with Crippen LogP contribution in [0.5, 0.6) is 0 Å². The second-order valence-corrected chi connectivity index (χ2v) is 6.28. The monoisotopic (exact) mass is 340 g/mol. The molecule has 0 bridgehead atoms. The van der Waals surface area contributed by atoms with Gasteiger partial charge in [-0.15, -0.1) is 11.3 Å². The van der Waals surface area contributed by atoms with E-state index in [4.69, 9.17) is 28.6 Å². The van der Waals surface area contributed by atoms with Gasteiger partial charge in [-0.2, -0.15) is 0 Å². The van der Waals surface area contributed by atoms with Crippen molar-refractivity contribution in [2.45, 2.75) is 6.92 Å². The molecule has 21 heavy (non-hydrogen) atoms. The average Bonchev–Trinajstić information content (AvgIpc) is 2.78. The van der Waals surface area contributed by atoms with Gasteiger partial charge in [-0.3, -0.25) is 0 Å². The fraction of sp³-hybridized carbons (Fsp3) is 0.143. The Morgan fingerprint density at radius 3 is 2.76 bits per heavy atom. The minimum Gasteiger partial charge on any atom is -0.465 e. The van der Waals surface area contributed by atoms with Gasteiger partial charge in [0.25, 0.3) is 0 Å². The highest BCUT2D eigenvalue weighted by atomic mass is 35.5. The molecule has 110 valence electrons. The van der Waals surface area contributed by atoms with Crippen LogP contribution in [-0.4, -0.2) is 18.2 Å². The lowest BCUT2D eigenvalue weighted by Crippen LogP contribution is -2.19. The maximum absolute atomic E-state index is 11.7. The first-order chi connectivity index (χ1) is 9.99. The predicted octanol–water partition coefficient (Wildman–Crippen LogP) is 4.31. The maximum Gasteiger partial charge on any atom is 0.340 e. The van der Waals surface area contributed by atoms with E-state index >= 15 is 0 Å². The molecule has 7 heteroatoms. The zero-order valence-electron chi connectivity index (χ0n) is 11.4. The zero-order valence-corrected chi connectivity index (χ0v) is 13.8. The van der Waals surface area contributed by atoms with Crippen molar-refractivity contribution in [3.05, 3.63) is 45.8 Å². The van der Waals surface area contributed by atoms with Crippen molar-refractivity contribution in [1.29, 1.82) is 0 Å². The van der Waals surface area contributed by atoms with E-state index in [-0.39, 0.29) is 0 Å². The van der Waals surface area contributed by atoms with Gasteiger partial charge in [0.1, 0.15) is 5.00 Å². The Morgan fingerprint density at radius 1 is 1.33 bits per heavy atom. The van der Waals surface area contributed by atoms with Crippen LogP contribution >= 0.6 is 35.2 Å². The molecule has 1 aromatic carbocycles. The molecule has 0 aliphatic heterocycles. The van der Waals surface area contributed by atoms with Crippen LogP contribution in [-0.2, 0) is 4.74 Å². The smallest absolute Gasteiger partial charge is 0.340 e. The number of nitrogens with one attached hydrogen (secondary N) is 2. The number of aryl methyl sites for hydroxylation is 1. The van der Waals surface area contributed by atoms with Gasteiger partial charge >= 0.3 is 5.97 Å². The maximum atomic E-state index is 11.7. The first-order valence-corrected chi connectivity index (χ1v) is 7.62. The number of thiocarbonyl (C=S) groups is 1. The fourth-order valence-corrected chi connectivity index (χ4v) is 3.08. The molecule has 0 aliphatic carbocycles. The van der Waals surface area contributed by atoms with Crippen molar-refractivity contribution in [2.75, 3.05) is 17.7 Å². The number of methoxy groups -OCH3 is 1. The van der Waals surface area contributed by atoms with Gasteiger partial charge in [0.2, 0.25) is 0 Å². The summed E-state index contributed by atoms with van der Waals surface area (Å²) in [5.74, 6) is -0.396. The Kier molecular flexibility index (Phi) is 5.17. The number of thiophene rings is 1. The van der Waals surface area contributed by atoms with Crippen LogP contribution in [0.4, 0.5) is 10.7 Å². The Morgan fingerprint density at radius 2 is 2.10 bits per heavy atom. The summed E-state index contributed by atoms with van der Waals surface area (Å²) in [5.41, 5.74) is 1.24. The Balaban J connectivity index is 2.11. The fourth-order valence-electron chi connectivity index (χ4n) is 1.70. The molecule has 4 nitrogen and oxygen atoms in total. The molecule has 2 N–H and O–H groups in total. The third kappa shape index (κ3) is 4.17. The quantitative estimate of drug-likeness (QED) is 0.644. The van der Waals surface area contributed by atoms with E-state index in [1.165, 1.54) is 18.4 Å². The van der Waals surface area contributed by atoms with Crippen LogP contribution in [0.15, 0.2) is 30.3 Å². The molecule has 0 amide bonds. The van der Waals surface area contributed by atoms with Gasteiger partial charge in [0, 0.05) is 15.6 Å². The lowest BCUT2D eigenvalue weighted by atomic mass is 10.3. The lowest BCUT2D eigenvalue weighted by Gasteiger charge is -2.10. The Labute approximate surface area is 137 Å². The van der Waals surface area contributed by atoms with E-state index in [9.17, 15) is 4.79 Å². The van der Waals surface area contributed by atoms with Crippen molar-refractivity contribution < 1.29 is 9.53 Å². The number of carbonyl (C=O) groups is 1. The first-order valence-electron chi connectivity index (χ1n) is 6.02. The SMILES string of the molecule is COC(=O)c1cc(C)sc1NC(=S)Nc1cccc(Cl)c1. The van der Waals surface area contributed by atoms with Crippen molar-refractivity contribution in [2.24, 2.45) is 0 Å². The summed E-state index contributed by atoms with van der Waals surface area (Å²) in [5, 5.41) is 7.67. The Bertz CT molecular complexity index is 685. The van der Waals surface area contributed by atoms with E-state index < -0.39 is 5.97 Å². The predicted molar refractivity (Wildman–Crippen MR) is 91.7 cm³/mol. The summed E-state index contributed by atoms with van der Waals surface area (Å²) < 4.78 is 4.75. The molecule has 0 saturated carbocycles. The second-order valence-electron chi connectivity index (χ2n) is 4.18. The van der Waals surface area contributed by atoms with Gasteiger partial charge in [-0.25, -0.2) is 4.79 Å². The summed E-state index contributed by atoms with van der Waals surface area (Å²) in [7, 11) is 1.35. The van der Waals surface area contributed by atoms with Crippen molar-refractivity contribution in [3.8, 4) is 0 Å². The molecule has 0 spiro atoms. The number of halogens is 1. The summed E-state index contributed by atoms with van der Waals surface area (Å²) in [4.78, 5) is 12.7. The summed E-state index contributed by atoms with van der Waals surface area (Å²) >= 11 is 12.6. The van der Waals surface area contributed by atoms with Crippen molar-refractivity contribution in [3.63, 3.8) is 0 Å². The van der Waals surface area contributed by atoms with E-state index in [1.54, 1.807) is 18.2 Å². The molecule has 0 unspecified atom stereocenters. The molecule has 0 fully saturated rings. The number of anilines is 2. The topological polar surface area (TPSA) is 50.4 Å². The summed E-state index contributed by atoms with van der Waals surface area (Å²) in [6.45, 7) is 1.91. The summed E-state index contributed by atoms with van der Waals surface area (Å²) in [6, 6.07) is 8.97. The molecule has 0 atom stereocenters. The highest BCUT2D eigenvalue weighted by molar-refractivity contribution is 7.80. The standard InChI is InChI=1S/C14H13ClN2O2S2/c1-8-6-11(13(18)19-2)12(21-8)17-14(20)16-10-5-3-4-9(15)7-10/h3-7H,1-2H3,(H2,16,17,20). The second kappa shape index (κ2) is 6.89. The van der Waals surface area contributed by atoms with Gasteiger partial charge in [-0.1, -0.05) is 17.7 Å². The van der Waals surface area contributed by atoms with Crippen LogP contribution in [0.1, 0.15) is 15.2 Å². The van der Waals surface area contributed by atoms with E-state index in [0.717, 1.165) is 10.6 Å². The van der Waals surface area contributed by atoms with Crippen molar-refractivity contribution in [1.82, 2.24) is 0 Å². The minimum absolute atomic E-state index is 0.379. The van der Waals surface area contributed by atoms with E-state index in [1.807, 2.05) is 19.1 Å². The van der Waals surface area contributed by atoms with Gasteiger partial charge in [0.15, 0.2) is 5.11 Å². The number of hydrogen-bond donors (Lipinski definition) is 2. The van der Waals surface area contributed by atoms with Crippen LogP contribution in [0.25, 0.3) is 0 Å². The number of esters is 1. The Hall–Kier alpha value is -1.63. The molecule has 0 aliphatic rings. The van der Waals surface area contributed by atoms with Crippen LogP contribution in [0.3, 0.4) is 0 Å². The number of benzene rings is 1. The molecule has 0 radical (unpaired) electrons. The normalized spacial score (nSPS) is 10.0. The number of carbonyl (C=O) groups excluding carboxylic acids is 1. The van der Waals surface area contributed by atoms with Gasteiger partial charge < -0.3 is 15.4 Å². The van der Waals surface area contributed by atoms with Crippen LogP contribution < -0.4 is 10.6 Å². The largest absolute Gasteiger partial charge is 0.465 e. The number of hydrogen-bond acceptors (Lipinski definition) is 4. The number of rotatable bonds is 3. The molecule has 1 aromatic heterocycles. The summed E-state index contributed by atoms with van der Waals surface area (Å²) in [6.07, 6.45) is 0. The zero-order chi connectivity index (χ0) is 15.4. The van der Waals surface area contributed by atoms with Crippen LogP contribution in [0, 0.1) is 6.92 Å². The minimum atomic E-state index is -0.396. The highest BCUT2D eigenvalue weighted by Crippen LogP contribution is 2.28. The molecular formula is C14H13ClN2O2S2. The highest BCUT2D eigenvalue weighted by Gasteiger charge is 2.16. The van der Waals surface area contributed by atoms with E-state index in [0.29, 0.717) is 20.7 Å². The first kappa shape index (κ1) is 15.8. The third-order valence-electron chi connectivity index (χ3n) is 2.57. The molecule has 2 aromatic rings. The average molecular weight is 341 g/mol. The lowest BCUT2D eigenvalue weighted by molar-refractivity contribution is 0.0602. The van der Waals surface area contributed by atoms with Crippen LogP contribution in [0.2, 0.25) is 5.02 Å². The molecule has 1 heterocycles. The van der Waals surface area contributed by atoms with E-state index in [2.05, 4.69) is 10.6 Å². The van der Waals surface area contributed by atoms with Gasteiger partial charge in [0.05, 0.1) is 12.7 Å². The van der Waals surface area contributed by atoms with Gasteiger partial charge in [-0.05, 0) is 43.4 Å². The number of ether oxygens (including phenoxy) is 1. The molecule has 0 saturated heterocycles. The third-order valence-corrected chi connectivity index (χ3v) is 3.98. The molecule has 2 rings (SSSR count). The van der Waals surface area contributed by atoms with Crippen molar-refractivity contribution >= 4 is 56.9 Å².